The highest BCUT2D eigenvalue weighted by Crippen LogP contribution is 2.30. The zero-order chi connectivity index (χ0) is 29.4. The minimum atomic E-state index is -4.20. The molecule has 0 aromatic heterocycles. The number of sulfonamides is 1. The number of rotatable bonds is 12. The Bertz CT molecular complexity index is 1390. The molecule has 0 aliphatic heterocycles. The third-order valence-corrected chi connectivity index (χ3v) is 8.55. The van der Waals surface area contributed by atoms with Crippen LogP contribution in [0.2, 0.25) is 10.0 Å². The number of nitrogens with zero attached hydrogens (tertiary/aromatic N) is 2. The number of nitrogens with one attached hydrogen (secondary N) is 1. The number of hydrogen-bond donors (Lipinski definition) is 1. The number of amides is 2. The molecule has 7 nitrogen and oxygen atoms in total. The molecule has 0 bridgehead atoms. The Kier molecular flexibility index (Phi) is 11.0. The van der Waals surface area contributed by atoms with Crippen molar-refractivity contribution >= 4 is 50.7 Å². The molecule has 0 saturated carbocycles. The SMILES string of the molecule is CC[C@H](C(=O)NC(C)C)N(CCc1ccccc1)C(=O)CN(c1cc(Cl)cc(Cl)c1)S(=O)(=O)c1ccc(C)cc1. The van der Waals surface area contributed by atoms with Crippen LogP contribution in [0, 0.1) is 6.92 Å². The highest BCUT2D eigenvalue weighted by atomic mass is 35.5. The van der Waals surface area contributed by atoms with E-state index in [0.717, 1.165) is 15.4 Å². The van der Waals surface area contributed by atoms with E-state index in [2.05, 4.69) is 5.32 Å². The largest absolute Gasteiger partial charge is 0.352 e. The molecule has 2 amide bonds. The summed E-state index contributed by atoms with van der Waals surface area (Å²) in [5, 5.41) is 3.34. The van der Waals surface area contributed by atoms with Crippen LogP contribution >= 0.6 is 23.2 Å². The molecule has 214 valence electrons. The Morgan fingerprint density at radius 1 is 0.925 bits per heavy atom. The van der Waals surface area contributed by atoms with E-state index in [1.165, 1.54) is 35.2 Å². The predicted molar refractivity (Wildman–Crippen MR) is 161 cm³/mol. The van der Waals surface area contributed by atoms with Crippen LogP contribution in [0.25, 0.3) is 0 Å². The molecule has 10 heteroatoms. The normalized spacial score (nSPS) is 12.2. The van der Waals surface area contributed by atoms with Crippen molar-refractivity contribution in [2.45, 2.75) is 57.5 Å². The fourth-order valence-electron chi connectivity index (χ4n) is 4.33. The molecule has 0 radical (unpaired) electrons. The van der Waals surface area contributed by atoms with E-state index in [-0.39, 0.29) is 39.1 Å². The molecule has 0 fully saturated rings. The molecule has 0 saturated heterocycles. The first-order chi connectivity index (χ1) is 18.9. The quantitative estimate of drug-likeness (QED) is 0.280. The maximum atomic E-state index is 14.0. The lowest BCUT2D eigenvalue weighted by Crippen LogP contribution is -2.54. The van der Waals surface area contributed by atoms with Gasteiger partial charge in [-0.1, -0.05) is 78.2 Å². The Labute approximate surface area is 247 Å². The Morgan fingerprint density at radius 3 is 2.08 bits per heavy atom. The van der Waals surface area contributed by atoms with Crippen LogP contribution < -0.4 is 9.62 Å². The summed E-state index contributed by atoms with van der Waals surface area (Å²) in [6.45, 7) is 7.05. The molecule has 0 heterocycles. The fourth-order valence-corrected chi connectivity index (χ4v) is 6.24. The first kappa shape index (κ1) is 31.5. The Balaban J connectivity index is 2.04. The van der Waals surface area contributed by atoms with Crippen LogP contribution in [0.3, 0.4) is 0 Å². The van der Waals surface area contributed by atoms with Gasteiger partial charge >= 0.3 is 0 Å². The Hall–Kier alpha value is -3.07. The van der Waals surface area contributed by atoms with E-state index >= 15 is 0 Å². The summed E-state index contributed by atoms with van der Waals surface area (Å²) >= 11 is 12.5. The average Bonchev–Trinajstić information content (AvgIpc) is 2.89. The summed E-state index contributed by atoms with van der Waals surface area (Å²) < 4.78 is 28.8. The zero-order valence-corrected chi connectivity index (χ0v) is 25.4. The number of hydrogen-bond acceptors (Lipinski definition) is 4. The van der Waals surface area contributed by atoms with Gasteiger partial charge in [0.25, 0.3) is 10.0 Å². The first-order valence-electron chi connectivity index (χ1n) is 13.1. The topological polar surface area (TPSA) is 86.8 Å². The number of benzene rings is 3. The lowest BCUT2D eigenvalue weighted by atomic mass is 10.1. The minimum absolute atomic E-state index is 0.0161. The third-order valence-electron chi connectivity index (χ3n) is 6.32. The lowest BCUT2D eigenvalue weighted by Gasteiger charge is -2.33. The van der Waals surface area contributed by atoms with Crippen molar-refractivity contribution in [1.29, 1.82) is 0 Å². The van der Waals surface area contributed by atoms with Crippen molar-refractivity contribution in [3.05, 3.63) is 94.0 Å². The molecule has 40 heavy (non-hydrogen) atoms. The summed E-state index contributed by atoms with van der Waals surface area (Å²) in [7, 11) is -4.20. The zero-order valence-electron chi connectivity index (χ0n) is 23.1. The highest BCUT2D eigenvalue weighted by Gasteiger charge is 2.33. The Morgan fingerprint density at radius 2 is 1.52 bits per heavy atom. The van der Waals surface area contributed by atoms with Gasteiger partial charge in [-0.15, -0.1) is 0 Å². The minimum Gasteiger partial charge on any atom is -0.352 e. The van der Waals surface area contributed by atoms with Gasteiger partial charge in [0.05, 0.1) is 10.6 Å². The second-order valence-corrected chi connectivity index (χ2v) is 12.6. The summed E-state index contributed by atoms with van der Waals surface area (Å²) in [6.07, 6.45) is 0.846. The predicted octanol–water partition coefficient (Wildman–Crippen LogP) is 5.87. The fraction of sp³-hybridized carbons (Fsp3) is 0.333. The number of carbonyl (C=O) groups excluding carboxylic acids is 2. The van der Waals surface area contributed by atoms with E-state index in [0.29, 0.717) is 12.8 Å². The summed E-state index contributed by atoms with van der Waals surface area (Å²) in [5.41, 5.74) is 2.03. The van der Waals surface area contributed by atoms with Gasteiger partial charge in [0.15, 0.2) is 0 Å². The number of aryl methyl sites for hydroxylation is 1. The number of halogens is 2. The van der Waals surface area contributed by atoms with Gasteiger partial charge in [-0.2, -0.15) is 0 Å². The summed E-state index contributed by atoms with van der Waals surface area (Å²) in [5.74, 6) is -0.814. The van der Waals surface area contributed by atoms with Crippen molar-refractivity contribution in [2.24, 2.45) is 0 Å². The van der Waals surface area contributed by atoms with E-state index in [1.54, 1.807) is 12.1 Å². The van der Waals surface area contributed by atoms with Crippen LogP contribution in [0.15, 0.2) is 77.7 Å². The molecule has 0 aliphatic rings. The van der Waals surface area contributed by atoms with Gasteiger partial charge in [-0.05, 0) is 69.5 Å². The molecule has 0 aliphatic carbocycles. The van der Waals surface area contributed by atoms with Crippen molar-refractivity contribution < 1.29 is 18.0 Å². The van der Waals surface area contributed by atoms with Gasteiger partial charge in [0.1, 0.15) is 12.6 Å². The third kappa shape index (κ3) is 8.22. The van der Waals surface area contributed by atoms with Gasteiger partial charge in [0, 0.05) is 22.6 Å². The second kappa shape index (κ2) is 14.0. The number of anilines is 1. The van der Waals surface area contributed by atoms with Gasteiger partial charge in [-0.25, -0.2) is 8.42 Å². The smallest absolute Gasteiger partial charge is 0.264 e. The van der Waals surface area contributed by atoms with Crippen LogP contribution in [-0.4, -0.2) is 50.3 Å². The molecule has 1 N–H and O–H groups in total. The van der Waals surface area contributed by atoms with Crippen molar-refractivity contribution in [3.8, 4) is 0 Å². The molecular weight excluding hydrogens is 569 g/mol. The van der Waals surface area contributed by atoms with Crippen molar-refractivity contribution in [3.63, 3.8) is 0 Å². The maximum absolute atomic E-state index is 14.0. The van der Waals surface area contributed by atoms with Gasteiger partial charge in [0.2, 0.25) is 11.8 Å². The lowest BCUT2D eigenvalue weighted by molar-refractivity contribution is -0.139. The van der Waals surface area contributed by atoms with Crippen LogP contribution in [0.4, 0.5) is 5.69 Å². The molecular formula is C30H35Cl2N3O4S. The second-order valence-electron chi connectivity index (χ2n) is 9.86. The van der Waals surface area contributed by atoms with Crippen LogP contribution in [-0.2, 0) is 26.0 Å². The highest BCUT2D eigenvalue weighted by molar-refractivity contribution is 7.92. The van der Waals surface area contributed by atoms with Crippen LogP contribution in [0.1, 0.15) is 38.3 Å². The van der Waals surface area contributed by atoms with Gasteiger partial charge < -0.3 is 10.2 Å². The molecule has 1 atom stereocenters. The first-order valence-corrected chi connectivity index (χ1v) is 15.3. The van der Waals surface area contributed by atoms with E-state index in [1.807, 2.05) is 58.0 Å². The van der Waals surface area contributed by atoms with Crippen LogP contribution in [0.5, 0.6) is 0 Å². The number of carbonyl (C=O) groups is 2. The molecule has 3 aromatic carbocycles. The van der Waals surface area contributed by atoms with E-state index in [4.69, 9.17) is 23.2 Å². The van der Waals surface area contributed by atoms with Crippen molar-refractivity contribution in [1.82, 2.24) is 10.2 Å². The molecule has 3 aromatic rings. The maximum Gasteiger partial charge on any atom is 0.264 e. The standard InChI is InChI=1S/C30H35Cl2N3O4S/c1-5-28(30(37)33-21(2)3)34(16-15-23-9-7-6-8-10-23)29(36)20-35(26-18-24(31)17-25(32)19-26)40(38,39)27-13-11-22(4)12-14-27/h6-14,17-19,21,28H,5,15-16,20H2,1-4H3,(H,33,37)/t28-/m1/s1. The van der Waals surface area contributed by atoms with Gasteiger partial charge in [-0.3, -0.25) is 13.9 Å². The van der Waals surface area contributed by atoms with Crippen molar-refractivity contribution in [2.75, 3.05) is 17.4 Å². The monoisotopic (exact) mass is 603 g/mol. The summed E-state index contributed by atoms with van der Waals surface area (Å²) in [6, 6.07) is 19.4. The molecule has 0 spiro atoms. The van der Waals surface area contributed by atoms with E-state index in [9.17, 15) is 18.0 Å². The summed E-state index contributed by atoms with van der Waals surface area (Å²) in [4.78, 5) is 28.7. The molecule has 0 unspecified atom stereocenters. The van der Waals surface area contributed by atoms with E-state index < -0.39 is 28.5 Å². The molecule has 3 rings (SSSR count). The average molecular weight is 605 g/mol.